The normalized spacial score (nSPS) is 14.6. The average molecular weight is 439 g/mol. The molecule has 1 aliphatic rings. The Balaban J connectivity index is 1.54. The van der Waals surface area contributed by atoms with Crippen molar-refractivity contribution in [2.24, 2.45) is 21.7 Å². The second kappa shape index (κ2) is 8.98. The second-order valence-corrected chi connectivity index (χ2v) is 7.63. The van der Waals surface area contributed by atoms with Crippen molar-refractivity contribution in [3.8, 4) is 11.5 Å². The maximum absolute atomic E-state index is 6.24. The number of anilines is 1. The summed E-state index contributed by atoms with van der Waals surface area (Å²) in [5.74, 6) is 7.42. The van der Waals surface area contributed by atoms with Crippen molar-refractivity contribution in [2.75, 3.05) is 5.32 Å². The van der Waals surface area contributed by atoms with E-state index in [1.54, 1.807) is 6.07 Å². The lowest BCUT2D eigenvalue weighted by Crippen LogP contribution is -2.29. The smallest absolute Gasteiger partial charge is 0.206 e. The largest absolute Gasteiger partial charge is 0.454 e. The van der Waals surface area contributed by atoms with E-state index in [0.29, 0.717) is 29.0 Å². The molecule has 0 bridgehead atoms. The fraction of sp³-hybridized carbons (Fsp3) is 0.0476. The number of rotatable bonds is 5. The third kappa shape index (κ3) is 4.45. The Morgan fingerprint density at radius 2 is 1.83 bits per heavy atom. The third-order valence-corrected chi connectivity index (χ3v) is 5.49. The van der Waals surface area contributed by atoms with Crippen molar-refractivity contribution in [1.29, 1.82) is 0 Å². The fourth-order valence-electron chi connectivity index (χ4n) is 2.84. The molecule has 3 aromatic carbocycles. The van der Waals surface area contributed by atoms with Gasteiger partial charge in [0.15, 0.2) is 5.75 Å². The van der Waals surface area contributed by atoms with Gasteiger partial charge >= 0.3 is 0 Å². The number of para-hydroxylation sites is 2. The molecule has 0 atom stereocenters. The van der Waals surface area contributed by atoms with Gasteiger partial charge in [0.05, 0.1) is 22.2 Å². The summed E-state index contributed by atoms with van der Waals surface area (Å²) in [5, 5.41) is 7.38. The molecule has 152 valence electrons. The third-order valence-electron chi connectivity index (χ3n) is 4.33. The van der Waals surface area contributed by atoms with Crippen LogP contribution in [0.4, 0.5) is 5.69 Å². The summed E-state index contributed by atoms with van der Waals surface area (Å²) in [4.78, 5) is 5.62. The number of nitrogens with one attached hydrogen (secondary N) is 2. The Hall–Kier alpha value is -3.36. The van der Waals surface area contributed by atoms with Crippen LogP contribution in [0.15, 0.2) is 81.7 Å². The lowest BCUT2D eigenvalue weighted by molar-refractivity contribution is 0.484. The van der Waals surface area contributed by atoms with Crippen molar-refractivity contribution < 1.29 is 4.74 Å². The number of hydrogen-bond donors (Lipinski definition) is 4. The molecule has 0 spiro atoms. The summed E-state index contributed by atoms with van der Waals surface area (Å²) < 4.78 is 9.25. The molecule has 1 heterocycles. The zero-order valence-electron chi connectivity index (χ0n) is 15.8. The van der Waals surface area contributed by atoms with Crippen LogP contribution in [-0.2, 0) is 6.54 Å². The minimum absolute atomic E-state index is 0.282. The number of guanidine groups is 1. The van der Waals surface area contributed by atoms with E-state index in [1.807, 2.05) is 60.7 Å². The van der Waals surface area contributed by atoms with Gasteiger partial charge in [-0.1, -0.05) is 48.0 Å². The van der Waals surface area contributed by atoms with Crippen LogP contribution in [0.1, 0.15) is 11.1 Å². The lowest BCUT2D eigenvalue weighted by atomic mass is 10.1. The van der Waals surface area contributed by atoms with Crippen LogP contribution in [0, 0.1) is 0 Å². The minimum atomic E-state index is 0.282. The molecule has 7 nitrogen and oxygen atoms in total. The van der Waals surface area contributed by atoms with E-state index in [0.717, 1.165) is 21.7 Å². The molecule has 1 aliphatic heterocycles. The van der Waals surface area contributed by atoms with Crippen LogP contribution in [-0.4, -0.2) is 11.8 Å². The maximum atomic E-state index is 6.24. The second-order valence-electron chi connectivity index (χ2n) is 6.37. The quantitative estimate of drug-likeness (QED) is 0.155. The van der Waals surface area contributed by atoms with Gasteiger partial charge in [-0.25, -0.2) is 4.99 Å². The summed E-state index contributed by atoms with van der Waals surface area (Å²) in [5.41, 5.74) is 8.35. The highest BCUT2D eigenvalue weighted by molar-refractivity contribution is 7.98. The highest BCUT2D eigenvalue weighted by Crippen LogP contribution is 2.40. The summed E-state index contributed by atoms with van der Waals surface area (Å²) >= 11 is 7.70. The number of amidine groups is 1. The van der Waals surface area contributed by atoms with E-state index in [9.17, 15) is 0 Å². The zero-order valence-corrected chi connectivity index (χ0v) is 17.4. The first-order chi connectivity index (χ1) is 14.6. The topological polar surface area (TPSA) is 110 Å². The van der Waals surface area contributed by atoms with E-state index < -0.39 is 0 Å². The van der Waals surface area contributed by atoms with Crippen LogP contribution >= 0.6 is 23.5 Å². The molecule has 9 heteroatoms. The summed E-state index contributed by atoms with van der Waals surface area (Å²) in [6.07, 6.45) is 0. The minimum Gasteiger partial charge on any atom is -0.454 e. The van der Waals surface area contributed by atoms with Gasteiger partial charge in [-0.05, 0) is 47.8 Å². The first-order valence-electron chi connectivity index (χ1n) is 9.06. The molecule has 4 rings (SSSR count). The van der Waals surface area contributed by atoms with Crippen LogP contribution in [0.3, 0.4) is 0 Å². The summed E-state index contributed by atoms with van der Waals surface area (Å²) in [7, 11) is 0. The van der Waals surface area contributed by atoms with Gasteiger partial charge < -0.3 is 21.6 Å². The molecular weight excluding hydrogens is 420 g/mol. The van der Waals surface area contributed by atoms with E-state index in [2.05, 4.69) is 20.1 Å². The van der Waals surface area contributed by atoms with Crippen molar-refractivity contribution in [1.82, 2.24) is 4.72 Å². The first kappa shape index (κ1) is 19.9. The molecule has 30 heavy (non-hydrogen) atoms. The van der Waals surface area contributed by atoms with Gasteiger partial charge in [0.25, 0.3) is 0 Å². The Kier molecular flexibility index (Phi) is 5.97. The van der Waals surface area contributed by atoms with Gasteiger partial charge in [0.1, 0.15) is 11.6 Å². The lowest BCUT2D eigenvalue weighted by Gasteiger charge is -2.23. The van der Waals surface area contributed by atoms with Crippen LogP contribution in [0.2, 0.25) is 5.02 Å². The zero-order chi connectivity index (χ0) is 20.9. The Bertz CT molecular complexity index is 1130. The Morgan fingerprint density at radius 1 is 1.03 bits per heavy atom. The number of hydrazone groups is 1. The number of aliphatic imine (C=N–C) groups is 1. The number of halogens is 1. The number of nitrogens with zero attached hydrogens (tertiary/aromatic N) is 2. The highest BCUT2D eigenvalue weighted by Gasteiger charge is 2.19. The maximum Gasteiger partial charge on any atom is 0.206 e. The van der Waals surface area contributed by atoms with Gasteiger partial charge in [-0.2, -0.15) is 5.10 Å². The molecule has 6 N–H and O–H groups in total. The number of ether oxygens (including phenoxy) is 1. The number of fused-ring (bicyclic) bond motifs is 1. The number of nitrogens with two attached hydrogens (primary N) is 2. The van der Waals surface area contributed by atoms with Crippen LogP contribution < -0.4 is 26.4 Å². The van der Waals surface area contributed by atoms with Gasteiger partial charge in [-0.15, -0.1) is 0 Å². The van der Waals surface area contributed by atoms with Gasteiger partial charge in [0.2, 0.25) is 5.96 Å². The predicted molar refractivity (Wildman–Crippen MR) is 123 cm³/mol. The van der Waals surface area contributed by atoms with E-state index in [1.165, 1.54) is 11.9 Å². The SMILES string of the molecule is N/N=C(\N)c1cccc(CN=C2NSc3cccc(Oc4ccccc4Cl)c3N2)c1. The van der Waals surface area contributed by atoms with E-state index >= 15 is 0 Å². The van der Waals surface area contributed by atoms with E-state index in [4.69, 9.17) is 27.9 Å². The van der Waals surface area contributed by atoms with Crippen LogP contribution in [0.25, 0.3) is 0 Å². The highest BCUT2D eigenvalue weighted by atomic mass is 35.5. The van der Waals surface area contributed by atoms with Crippen molar-refractivity contribution in [3.63, 3.8) is 0 Å². The molecule has 0 radical (unpaired) electrons. The Labute approximate surface area is 183 Å². The molecular formula is C21H19ClN6OS. The molecule has 0 aromatic heterocycles. The molecule has 0 saturated carbocycles. The van der Waals surface area contributed by atoms with Gasteiger partial charge in [-0.3, -0.25) is 4.72 Å². The monoisotopic (exact) mass is 438 g/mol. The molecule has 0 saturated heterocycles. The molecule has 0 aliphatic carbocycles. The Morgan fingerprint density at radius 3 is 2.67 bits per heavy atom. The van der Waals surface area contributed by atoms with E-state index in [-0.39, 0.29) is 5.84 Å². The molecule has 0 amide bonds. The first-order valence-corrected chi connectivity index (χ1v) is 10.3. The molecule has 0 unspecified atom stereocenters. The van der Waals surface area contributed by atoms with Crippen molar-refractivity contribution in [3.05, 3.63) is 82.9 Å². The average Bonchev–Trinajstić information content (AvgIpc) is 2.79. The molecule has 3 aromatic rings. The number of benzene rings is 3. The van der Waals surface area contributed by atoms with Crippen molar-refractivity contribution in [2.45, 2.75) is 11.4 Å². The fourth-order valence-corrected chi connectivity index (χ4v) is 3.74. The van der Waals surface area contributed by atoms with Gasteiger partial charge in [0, 0.05) is 5.56 Å². The molecule has 0 fully saturated rings. The predicted octanol–water partition coefficient (Wildman–Crippen LogP) is 4.29. The summed E-state index contributed by atoms with van der Waals surface area (Å²) in [6, 6.07) is 20.8. The standard InChI is InChI=1S/C21H19ClN6OS/c22-15-7-1-2-8-16(15)29-17-9-4-10-18-19(17)26-21(28-30-18)25-12-13-5-3-6-14(11-13)20(23)27-24/h1-11H,12,24H2,(H2,23,27)(H2,25,26,28). The van der Waals surface area contributed by atoms with Crippen LogP contribution in [0.5, 0.6) is 11.5 Å². The number of hydrogen-bond acceptors (Lipinski definition) is 5. The summed E-state index contributed by atoms with van der Waals surface area (Å²) in [6.45, 7) is 0.449. The van der Waals surface area contributed by atoms with Crippen molar-refractivity contribution >= 4 is 41.0 Å².